The molecule has 0 saturated carbocycles. The number of hydrogen-bond donors (Lipinski definition) is 2. The van der Waals surface area contributed by atoms with Gasteiger partial charge in [-0.05, 0) is 61.0 Å². The molecule has 0 bridgehead atoms. The Morgan fingerprint density at radius 2 is 1.70 bits per heavy atom. The number of nitrogens with one attached hydrogen (secondary N) is 1. The number of hydrogen-bond acceptors (Lipinski definition) is 6. The molecule has 8 nitrogen and oxygen atoms in total. The molecule has 2 amide bonds. The van der Waals surface area contributed by atoms with E-state index in [4.69, 9.17) is 4.74 Å². The number of benzene rings is 3. The van der Waals surface area contributed by atoms with Crippen LogP contribution in [0.4, 0.5) is 17.1 Å². The summed E-state index contributed by atoms with van der Waals surface area (Å²) in [5.41, 5.74) is 3.00. The van der Waals surface area contributed by atoms with Gasteiger partial charge < -0.3 is 20.1 Å². The summed E-state index contributed by atoms with van der Waals surface area (Å²) in [6.45, 7) is 3.71. The number of amides is 2. The molecule has 1 unspecified atom stereocenters. The summed E-state index contributed by atoms with van der Waals surface area (Å²) in [6, 6.07) is 20.0. The summed E-state index contributed by atoms with van der Waals surface area (Å²) in [5.74, 6) is -1.49. The zero-order valence-electron chi connectivity index (χ0n) is 21.2. The molecule has 3 aromatic rings. The third kappa shape index (κ3) is 5.18. The number of aliphatic hydroxyl groups is 1. The molecule has 1 atom stereocenters. The fourth-order valence-electron chi connectivity index (χ4n) is 4.33. The van der Waals surface area contributed by atoms with E-state index in [9.17, 15) is 19.5 Å². The van der Waals surface area contributed by atoms with Crippen molar-refractivity contribution in [2.24, 2.45) is 0 Å². The van der Waals surface area contributed by atoms with E-state index in [2.05, 4.69) is 5.32 Å². The first-order valence-electron chi connectivity index (χ1n) is 11.9. The number of aliphatic hydroxyl groups excluding tert-OH is 1. The first kappa shape index (κ1) is 25.5. The van der Waals surface area contributed by atoms with Crippen LogP contribution in [0.5, 0.6) is 5.75 Å². The van der Waals surface area contributed by atoms with Crippen LogP contribution in [0, 0.1) is 0 Å². The highest BCUT2D eigenvalue weighted by Crippen LogP contribution is 2.43. The molecule has 0 radical (unpaired) electrons. The maximum Gasteiger partial charge on any atom is 0.300 e. The van der Waals surface area contributed by atoms with Crippen LogP contribution in [-0.2, 0) is 14.4 Å². The summed E-state index contributed by atoms with van der Waals surface area (Å²) in [4.78, 5) is 41.5. The monoisotopic (exact) mass is 499 g/mol. The second kappa shape index (κ2) is 10.6. The Bertz CT molecular complexity index is 1360. The maximum atomic E-state index is 13.4. The van der Waals surface area contributed by atoms with Crippen molar-refractivity contribution in [3.8, 4) is 5.75 Å². The molecule has 1 saturated heterocycles. The Morgan fingerprint density at radius 3 is 2.30 bits per heavy atom. The Hall–Kier alpha value is -4.59. The van der Waals surface area contributed by atoms with Crippen LogP contribution in [0.3, 0.4) is 0 Å². The van der Waals surface area contributed by atoms with Gasteiger partial charge in [-0.1, -0.05) is 24.3 Å². The molecule has 0 spiro atoms. The first-order valence-corrected chi connectivity index (χ1v) is 11.9. The number of Topliss-reactive ketones (excluding diaryl/α,β-unsaturated/α-hetero) is 1. The average Bonchev–Trinajstić information content (AvgIpc) is 3.14. The maximum absolute atomic E-state index is 13.4. The van der Waals surface area contributed by atoms with Gasteiger partial charge in [0, 0.05) is 43.6 Å². The normalized spacial score (nSPS) is 16.5. The molecule has 190 valence electrons. The van der Waals surface area contributed by atoms with E-state index in [1.54, 1.807) is 48.5 Å². The van der Waals surface area contributed by atoms with Crippen LogP contribution in [-0.4, -0.2) is 43.4 Å². The SMILES string of the molecule is CCOc1cccc(/C(O)=C2/C(=O)C(=O)N(c3ccc(NC(C)=O)cc3)C2c2ccc(N(C)C)cc2)c1. The fourth-order valence-corrected chi connectivity index (χ4v) is 4.33. The Kier molecular flexibility index (Phi) is 7.29. The number of nitrogens with zero attached hydrogens (tertiary/aromatic N) is 2. The van der Waals surface area contributed by atoms with Crippen molar-refractivity contribution in [2.75, 3.05) is 35.8 Å². The van der Waals surface area contributed by atoms with E-state index in [-0.39, 0.29) is 17.2 Å². The lowest BCUT2D eigenvalue weighted by Gasteiger charge is -2.26. The highest BCUT2D eigenvalue weighted by atomic mass is 16.5. The fraction of sp³-hybridized carbons (Fsp3) is 0.207. The second-order valence-electron chi connectivity index (χ2n) is 8.84. The molecular weight excluding hydrogens is 470 g/mol. The predicted molar refractivity (Wildman–Crippen MR) is 144 cm³/mol. The van der Waals surface area contributed by atoms with Crippen LogP contribution >= 0.6 is 0 Å². The van der Waals surface area contributed by atoms with Gasteiger partial charge in [0.15, 0.2) is 0 Å². The summed E-state index contributed by atoms with van der Waals surface area (Å²) in [7, 11) is 3.84. The molecule has 1 fully saturated rings. The highest BCUT2D eigenvalue weighted by Gasteiger charge is 2.47. The van der Waals surface area contributed by atoms with Gasteiger partial charge in [-0.3, -0.25) is 19.3 Å². The molecule has 4 rings (SSSR count). The van der Waals surface area contributed by atoms with E-state index < -0.39 is 17.7 Å². The molecule has 0 aliphatic carbocycles. The van der Waals surface area contributed by atoms with Crippen LogP contribution in [0.2, 0.25) is 0 Å². The minimum atomic E-state index is -0.862. The van der Waals surface area contributed by atoms with Crippen molar-refractivity contribution in [1.29, 1.82) is 0 Å². The first-order chi connectivity index (χ1) is 17.7. The topological polar surface area (TPSA) is 99.2 Å². The van der Waals surface area contributed by atoms with Gasteiger partial charge in [0.2, 0.25) is 5.91 Å². The van der Waals surface area contributed by atoms with E-state index in [0.717, 1.165) is 5.69 Å². The van der Waals surface area contributed by atoms with Crippen molar-refractivity contribution in [3.63, 3.8) is 0 Å². The molecular formula is C29H29N3O5. The van der Waals surface area contributed by atoms with Crippen molar-refractivity contribution < 1.29 is 24.2 Å². The predicted octanol–water partition coefficient (Wildman–Crippen LogP) is 4.74. The number of ketones is 1. The minimum absolute atomic E-state index is 0.0119. The molecule has 37 heavy (non-hydrogen) atoms. The van der Waals surface area contributed by atoms with Gasteiger partial charge in [0.05, 0.1) is 18.2 Å². The zero-order valence-corrected chi connectivity index (χ0v) is 21.2. The van der Waals surface area contributed by atoms with Crippen LogP contribution < -0.4 is 19.9 Å². The molecule has 8 heteroatoms. The second-order valence-corrected chi connectivity index (χ2v) is 8.84. The van der Waals surface area contributed by atoms with Gasteiger partial charge in [-0.15, -0.1) is 0 Å². The largest absolute Gasteiger partial charge is 0.507 e. The Labute approximate surface area is 215 Å². The third-order valence-corrected chi connectivity index (χ3v) is 6.05. The van der Waals surface area contributed by atoms with Crippen molar-refractivity contribution in [3.05, 3.63) is 89.5 Å². The third-order valence-electron chi connectivity index (χ3n) is 6.05. The Balaban J connectivity index is 1.87. The number of rotatable bonds is 7. The number of carbonyl (C=O) groups is 3. The molecule has 3 aromatic carbocycles. The average molecular weight is 500 g/mol. The lowest BCUT2D eigenvalue weighted by atomic mass is 9.94. The van der Waals surface area contributed by atoms with Gasteiger partial charge in [-0.25, -0.2) is 0 Å². The summed E-state index contributed by atoms with van der Waals surface area (Å²) in [5, 5.41) is 14.0. The molecule has 0 aromatic heterocycles. The molecule has 2 N–H and O–H groups in total. The summed E-state index contributed by atoms with van der Waals surface area (Å²) >= 11 is 0. The highest BCUT2D eigenvalue weighted by molar-refractivity contribution is 6.51. The molecule has 1 aliphatic heterocycles. The number of anilines is 3. The van der Waals surface area contributed by atoms with Crippen LogP contribution in [0.15, 0.2) is 78.4 Å². The molecule has 1 aliphatic rings. The van der Waals surface area contributed by atoms with Crippen LogP contribution in [0.1, 0.15) is 31.0 Å². The van der Waals surface area contributed by atoms with Crippen molar-refractivity contribution >= 4 is 40.4 Å². The zero-order chi connectivity index (χ0) is 26.7. The lowest BCUT2D eigenvalue weighted by molar-refractivity contribution is -0.132. The van der Waals surface area contributed by atoms with E-state index >= 15 is 0 Å². The van der Waals surface area contributed by atoms with Crippen LogP contribution in [0.25, 0.3) is 5.76 Å². The van der Waals surface area contributed by atoms with Gasteiger partial charge >= 0.3 is 0 Å². The lowest BCUT2D eigenvalue weighted by Crippen LogP contribution is -2.29. The summed E-state index contributed by atoms with van der Waals surface area (Å²) in [6.07, 6.45) is 0. The quantitative estimate of drug-likeness (QED) is 0.277. The Morgan fingerprint density at radius 1 is 1.03 bits per heavy atom. The van der Waals surface area contributed by atoms with Gasteiger partial charge in [0.25, 0.3) is 11.7 Å². The summed E-state index contributed by atoms with van der Waals surface area (Å²) < 4.78 is 5.55. The standard InChI is InChI=1S/C29H29N3O5/c1-5-37-24-8-6-7-20(17-24)27(34)25-26(19-9-13-22(14-10-19)31(3)4)32(29(36)28(25)35)23-15-11-21(12-16-23)30-18(2)33/h6-17,26,34H,5H2,1-4H3,(H,30,33)/b27-25-. The minimum Gasteiger partial charge on any atom is -0.507 e. The van der Waals surface area contributed by atoms with Gasteiger partial charge in [0.1, 0.15) is 11.5 Å². The molecule has 1 heterocycles. The van der Waals surface area contributed by atoms with E-state index in [1.807, 2.05) is 50.2 Å². The van der Waals surface area contributed by atoms with E-state index in [1.165, 1.54) is 11.8 Å². The van der Waals surface area contributed by atoms with Crippen molar-refractivity contribution in [2.45, 2.75) is 19.9 Å². The van der Waals surface area contributed by atoms with E-state index in [0.29, 0.717) is 34.9 Å². The number of carbonyl (C=O) groups excluding carboxylic acids is 3. The van der Waals surface area contributed by atoms with Crippen molar-refractivity contribution in [1.82, 2.24) is 0 Å². The number of ether oxygens (including phenoxy) is 1. The van der Waals surface area contributed by atoms with Gasteiger partial charge in [-0.2, -0.15) is 0 Å². The smallest absolute Gasteiger partial charge is 0.300 e.